The quantitative estimate of drug-likeness (QED) is 0.411. The molecule has 1 saturated heterocycles. The summed E-state index contributed by atoms with van der Waals surface area (Å²) < 4.78 is 4.95. The van der Waals surface area contributed by atoms with Crippen molar-refractivity contribution in [1.29, 1.82) is 0 Å². The van der Waals surface area contributed by atoms with Crippen molar-refractivity contribution < 1.29 is 4.74 Å². The molecule has 36 valence electrons. The number of hydrogen-bond donors (Lipinski definition) is 1. The lowest BCUT2D eigenvalue weighted by Crippen LogP contribution is -2.25. The Bertz CT molecular complexity index is 23.0. The number of rotatable bonds is 0. The summed E-state index contributed by atoms with van der Waals surface area (Å²) in [5.41, 5.74) is 0. The first kappa shape index (κ1) is 4.09. The second kappa shape index (κ2) is 2.16. The van der Waals surface area contributed by atoms with Crippen LogP contribution in [0, 0.1) is 6.54 Å². The standard InChI is InChI=1S/C4H8NO/c1-3-6-4-2-5-1/h1,5H,2-4H2/q-1. The van der Waals surface area contributed by atoms with Gasteiger partial charge in [-0.3, -0.25) is 0 Å². The van der Waals surface area contributed by atoms with E-state index < -0.39 is 0 Å². The molecular weight excluding hydrogens is 78.0 g/mol. The smallest absolute Gasteiger partial charge is 0.0532 e. The first-order valence-corrected chi connectivity index (χ1v) is 2.13. The largest absolute Gasteiger partial charge is 0.466 e. The monoisotopic (exact) mass is 86.1 g/mol. The first-order chi connectivity index (χ1) is 3.00. The highest BCUT2D eigenvalue weighted by atomic mass is 16.5. The van der Waals surface area contributed by atoms with E-state index in [0.29, 0.717) is 0 Å². The minimum atomic E-state index is 0.764. The van der Waals surface area contributed by atoms with Gasteiger partial charge in [-0.25, -0.2) is 6.54 Å². The Balaban J connectivity index is 2.00. The number of ether oxygens (including phenoxy) is 1. The summed E-state index contributed by atoms with van der Waals surface area (Å²) in [6.07, 6.45) is 0. The molecule has 1 heterocycles. The van der Waals surface area contributed by atoms with Crippen LogP contribution in [0.15, 0.2) is 0 Å². The van der Waals surface area contributed by atoms with E-state index in [0.717, 1.165) is 19.8 Å². The Labute approximate surface area is 37.5 Å². The molecule has 1 aliphatic rings. The molecular formula is C4H8NO-. The van der Waals surface area contributed by atoms with E-state index in [-0.39, 0.29) is 0 Å². The predicted molar refractivity (Wildman–Crippen MR) is 23.1 cm³/mol. The van der Waals surface area contributed by atoms with Gasteiger partial charge in [0.15, 0.2) is 0 Å². The summed E-state index contributed by atoms with van der Waals surface area (Å²) in [4.78, 5) is 0. The van der Waals surface area contributed by atoms with Crippen molar-refractivity contribution in [3.05, 3.63) is 6.54 Å². The lowest BCUT2D eigenvalue weighted by Gasteiger charge is -2.21. The van der Waals surface area contributed by atoms with Crippen molar-refractivity contribution in [1.82, 2.24) is 5.32 Å². The van der Waals surface area contributed by atoms with Gasteiger partial charge in [0.2, 0.25) is 0 Å². The molecule has 1 aliphatic heterocycles. The fourth-order valence-corrected chi connectivity index (χ4v) is 0.434. The maximum Gasteiger partial charge on any atom is 0.0532 e. The summed E-state index contributed by atoms with van der Waals surface area (Å²) in [5.74, 6) is 0. The van der Waals surface area contributed by atoms with Crippen LogP contribution >= 0.6 is 0 Å². The van der Waals surface area contributed by atoms with Gasteiger partial charge in [0.05, 0.1) is 6.61 Å². The summed E-state index contributed by atoms with van der Waals surface area (Å²) in [7, 11) is 0. The molecule has 0 aliphatic carbocycles. The van der Waals surface area contributed by atoms with Gasteiger partial charge in [0.25, 0.3) is 0 Å². The third-order valence-corrected chi connectivity index (χ3v) is 0.736. The number of hydrogen-bond acceptors (Lipinski definition) is 2. The molecule has 0 unspecified atom stereocenters. The normalized spacial score (nSPS) is 24.0. The van der Waals surface area contributed by atoms with Crippen molar-refractivity contribution in [3.8, 4) is 0 Å². The molecule has 1 N–H and O–H groups in total. The third kappa shape index (κ3) is 0.954. The highest BCUT2D eigenvalue weighted by Gasteiger charge is 1.83. The molecule has 0 bridgehead atoms. The van der Waals surface area contributed by atoms with E-state index in [9.17, 15) is 0 Å². The lowest BCUT2D eigenvalue weighted by atomic mass is 10.5. The van der Waals surface area contributed by atoms with E-state index in [1.807, 2.05) is 6.54 Å². The molecule has 6 heavy (non-hydrogen) atoms. The zero-order valence-electron chi connectivity index (χ0n) is 3.61. The molecule has 0 aromatic rings. The van der Waals surface area contributed by atoms with E-state index >= 15 is 0 Å². The fourth-order valence-electron chi connectivity index (χ4n) is 0.434. The summed E-state index contributed by atoms with van der Waals surface area (Å²) >= 11 is 0. The molecule has 0 radical (unpaired) electrons. The SMILES string of the molecule is [CH-]1COCCN1. The molecule has 2 nitrogen and oxygen atoms in total. The molecule has 2 heteroatoms. The number of nitrogens with one attached hydrogen (secondary N) is 1. The van der Waals surface area contributed by atoms with Gasteiger partial charge in [0.1, 0.15) is 0 Å². The topological polar surface area (TPSA) is 21.3 Å². The Morgan fingerprint density at radius 3 is 2.83 bits per heavy atom. The summed E-state index contributed by atoms with van der Waals surface area (Å²) in [5, 5.41) is 3.03. The van der Waals surface area contributed by atoms with Crippen molar-refractivity contribution in [2.75, 3.05) is 19.8 Å². The van der Waals surface area contributed by atoms with Crippen LogP contribution in [0.1, 0.15) is 0 Å². The van der Waals surface area contributed by atoms with Crippen LogP contribution in [0.4, 0.5) is 0 Å². The van der Waals surface area contributed by atoms with Crippen LogP contribution < -0.4 is 5.32 Å². The Hall–Kier alpha value is -0.0800. The third-order valence-electron chi connectivity index (χ3n) is 0.736. The van der Waals surface area contributed by atoms with Gasteiger partial charge in [0, 0.05) is 0 Å². The maximum absolute atomic E-state index is 4.95. The van der Waals surface area contributed by atoms with Crippen LogP contribution in [0.5, 0.6) is 0 Å². The molecule has 0 amide bonds. The van der Waals surface area contributed by atoms with Crippen molar-refractivity contribution in [2.24, 2.45) is 0 Å². The molecule has 0 saturated carbocycles. The van der Waals surface area contributed by atoms with Crippen molar-refractivity contribution >= 4 is 0 Å². The lowest BCUT2D eigenvalue weighted by molar-refractivity contribution is 0.129. The molecule has 0 aromatic heterocycles. The Morgan fingerprint density at radius 2 is 2.67 bits per heavy atom. The fraction of sp³-hybridized carbons (Fsp3) is 0.750. The van der Waals surface area contributed by atoms with Crippen LogP contribution in [0.2, 0.25) is 0 Å². The Morgan fingerprint density at radius 1 is 1.67 bits per heavy atom. The van der Waals surface area contributed by atoms with Crippen molar-refractivity contribution in [3.63, 3.8) is 0 Å². The van der Waals surface area contributed by atoms with Gasteiger partial charge >= 0.3 is 0 Å². The van der Waals surface area contributed by atoms with Crippen LogP contribution in [-0.2, 0) is 4.74 Å². The average Bonchev–Trinajstić information content (AvgIpc) is 1.72. The second-order valence-electron chi connectivity index (χ2n) is 1.23. The van der Waals surface area contributed by atoms with E-state index in [1.54, 1.807) is 0 Å². The zero-order chi connectivity index (χ0) is 4.24. The average molecular weight is 86.1 g/mol. The highest BCUT2D eigenvalue weighted by Crippen LogP contribution is 1.81. The predicted octanol–water partition coefficient (Wildman–Crippen LogP) is -0.232. The highest BCUT2D eigenvalue weighted by molar-refractivity contribution is 4.63. The van der Waals surface area contributed by atoms with Gasteiger partial charge in [-0.2, -0.15) is 0 Å². The molecule has 1 rings (SSSR count). The minimum Gasteiger partial charge on any atom is -0.466 e. The van der Waals surface area contributed by atoms with Gasteiger partial charge < -0.3 is 10.1 Å². The number of morpholine rings is 1. The van der Waals surface area contributed by atoms with Crippen LogP contribution in [0.3, 0.4) is 0 Å². The van der Waals surface area contributed by atoms with Crippen LogP contribution in [0.25, 0.3) is 0 Å². The van der Waals surface area contributed by atoms with E-state index in [1.165, 1.54) is 0 Å². The minimum absolute atomic E-state index is 0.764. The molecule has 0 spiro atoms. The van der Waals surface area contributed by atoms with E-state index in [4.69, 9.17) is 4.74 Å². The summed E-state index contributed by atoms with van der Waals surface area (Å²) in [6, 6.07) is 0. The Kier molecular flexibility index (Phi) is 1.47. The maximum atomic E-state index is 4.95. The van der Waals surface area contributed by atoms with Crippen molar-refractivity contribution in [2.45, 2.75) is 0 Å². The van der Waals surface area contributed by atoms with Gasteiger partial charge in [-0.05, 0) is 6.54 Å². The van der Waals surface area contributed by atoms with Gasteiger partial charge in [-0.1, -0.05) is 6.61 Å². The molecule has 0 atom stereocenters. The molecule has 0 aromatic carbocycles. The van der Waals surface area contributed by atoms with Gasteiger partial charge in [-0.15, -0.1) is 0 Å². The van der Waals surface area contributed by atoms with Crippen LogP contribution in [-0.4, -0.2) is 19.8 Å². The van der Waals surface area contributed by atoms with E-state index in [2.05, 4.69) is 5.32 Å². The molecule has 1 fully saturated rings. The summed E-state index contributed by atoms with van der Waals surface area (Å²) in [6.45, 7) is 4.51. The second-order valence-corrected chi connectivity index (χ2v) is 1.23. The zero-order valence-corrected chi connectivity index (χ0v) is 3.61. The first-order valence-electron chi connectivity index (χ1n) is 2.13.